The third-order valence-electron chi connectivity index (χ3n) is 3.95. The minimum atomic E-state index is -3.07. The molecule has 3 rings (SSSR count). The van der Waals surface area contributed by atoms with Crippen molar-refractivity contribution in [1.82, 2.24) is 0 Å². The number of hydrogen-bond donors (Lipinski definition) is 1. The zero-order chi connectivity index (χ0) is 15.7. The highest BCUT2D eigenvalue weighted by Crippen LogP contribution is 2.42. The molecule has 0 fully saturated rings. The summed E-state index contributed by atoms with van der Waals surface area (Å²) in [5, 5.41) is 2.43. The average Bonchev–Trinajstić information content (AvgIpc) is 2.83. The van der Waals surface area contributed by atoms with Crippen molar-refractivity contribution >= 4 is 17.4 Å². The smallest absolute Gasteiger partial charge is 0.260 e. The van der Waals surface area contributed by atoms with E-state index < -0.39 is 23.5 Å². The van der Waals surface area contributed by atoms with Gasteiger partial charge in [-0.2, -0.15) is 0 Å². The number of rotatable bonds is 3. The quantitative estimate of drug-likeness (QED) is 0.884. The number of amides is 1. The van der Waals surface area contributed by atoms with Crippen LogP contribution >= 0.6 is 0 Å². The predicted octanol–water partition coefficient (Wildman–Crippen LogP) is 3.32. The maximum Gasteiger partial charge on any atom is 0.260 e. The van der Waals surface area contributed by atoms with Crippen LogP contribution in [-0.2, 0) is 11.2 Å². The number of benzene rings is 2. The van der Waals surface area contributed by atoms with Crippen LogP contribution in [0, 0.1) is 5.41 Å². The fourth-order valence-corrected chi connectivity index (χ4v) is 2.74. The number of ketones is 1. The van der Waals surface area contributed by atoms with Crippen LogP contribution in [0.2, 0.25) is 0 Å². The Bertz CT molecular complexity index is 730. The molecule has 0 aromatic heterocycles. The summed E-state index contributed by atoms with van der Waals surface area (Å²) in [6.45, 7) is 0. The SMILES string of the molecule is O=C(Nc1ccccc1)[C@]1(C(F)F)Cc2ccccc2C1=O. The summed E-state index contributed by atoms with van der Waals surface area (Å²) in [4.78, 5) is 24.9. The Morgan fingerprint density at radius 3 is 2.32 bits per heavy atom. The first kappa shape index (κ1) is 14.4. The average molecular weight is 301 g/mol. The highest BCUT2D eigenvalue weighted by atomic mass is 19.3. The van der Waals surface area contributed by atoms with E-state index >= 15 is 0 Å². The first-order chi connectivity index (χ1) is 10.6. The van der Waals surface area contributed by atoms with E-state index in [1.54, 1.807) is 48.5 Å². The lowest BCUT2D eigenvalue weighted by Crippen LogP contribution is -2.47. The topological polar surface area (TPSA) is 46.2 Å². The second-order valence-electron chi connectivity index (χ2n) is 5.26. The molecule has 0 heterocycles. The maximum atomic E-state index is 13.7. The van der Waals surface area contributed by atoms with Crippen molar-refractivity contribution in [2.24, 2.45) is 5.41 Å². The van der Waals surface area contributed by atoms with Crippen LogP contribution in [0.4, 0.5) is 14.5 Å². The zero-order valence-corrected chi connectivity index (χ0v) is 11.6. The number of para-hydroxylation sites is 1. The van der Waals surface area contributed by atoms with Gasteiger partial charge in [-0.1, -0.05) is 42.5 Å². The fraction of sp³-hybridized carbons (Fsp3) is 0.176. The largest absolute Gasteiger partial charge is 0.325 e. The Kier molecular flexibility index (Phi) is 3.48. The highest BCUT2D eigenvalue weighted by molar-refractivity contribution is 6.20. The number of nitrogens with one attached hydrogen (secondary N) is 1. The number of anilines is 1. The van der Waals surface area contributed by atoms with Crippen molar-refractivity contribution < 1.29 is 18.4 Å². The molecule has 1 aliphatic rings. The van der Waals surface area contributed by atoms with Gasteiger partial charge in [-0.25, -0.2) is 8.78 Å². The molecule has 2 aromatic carbocycles. The number of fused-ring (bicyclic) bond motifs is 1. The Morgan fingerprint density at radius 1 is 1.05 bits per heavy atom. The number of carbonyl (C=O) groups is 2. The van der Waals surface area contributed by atoms with E-state index in [1.165, 1.54) is 6.07 Å². The van der Waals surface area contributed by atoms with Gasteiger partial charge in [0.15, 0.2) is 11.2 Å². The van der Waals surface area contributed by atoms with Gasteiger partial charge in [-0.3, -0.25) is 9.59 Å². The Morgan fingerprint density at radius 2 is 1.68 bits per heavy atom. The van der Waals surface area contributed by atoms with Gasteiger partial charge < -0.3 is 5.32 Å². The van der Waals surface area contributed by atoms with Gasteiger partial charge >= 0.3 is 0 Å². The summed E-state index contributed by atoms with van der Waals surface area (Å²) >= 11 is 0. The number of carbonyl (C=O) groups excluding carboxylic acids is 2. The molecule has 1 aliphatic carbocycles. The minimum absolute atomic E-state index is 0.200. The van der Waals surface area contributed by atoms with E-state index in [0.717, 1.165) is 0 Å². The standard InChI is InChI=1S/C17H13F2NO2/c18-15(19)17(16(22)20-12-7-2-1-3-8-12)10-11-6-4-5-9-13(11)14(17)21/h1-9,15H,10H2,(H,20,22)/t17-/m1/s1. The van der Waals surface area contributed by atoms with Crippen LogP contribution in [0.25, 0.3) is 0 Å². The lowest BCUT2D eigenvalue weighted by molar-refractivity contribution is -0.130. The van der Waals surface area contributed by atoms with Crippen LogP contribution < -0.4 is 5.32 Å². The van der Waals surface area contributed by atoms with Gasteiger partial charge in [0.2, 0.25) is 5.91 Å². The molecule has 0 unspecified atom stereocenters. The first-order valence-electron chi connectivity index (χ1n) is 6.83. The second-order valence-corrected chi connectivity index (χ2v) is 5.26. The monoisotopic (exact) mass is 301 g/mol. The molecular formula is C17H13F2NO2. The summed E-state index contributed by atoms with van der Waals surface area (Å²) in [7, 11) is 0. The molecule has 112 valence electrons. The Hall–Kier alpha value is -2.56. The van der Waals surface area contributed by atoms with Crippen molar-refractivity contribution in [1.29, 1.82) is 0 Å². The van der Waals surface area contributed by atoms with Crippen LogP contribution in [0.1, 0.15) is 15.9 Å². The summed E-state index contributed by atoms with van der Waals surface area (Å²) in [5.41, 5.74) is -1.28. The number of alkyl halides is 2. The van der Waals surface area contributed by atoms with Gasteiger partial charge in [0.1, 0.15) is 0 Å². The molecule has 5 heteroatoms. The molecular weight excluding hydrogens is 288 g/mol. The molecule has 0 bridgehead atoms. The normalized spacial score (nSPS) is 20.0. The van der Waals surface area contributed by atoms with Gasteiger partial charge in [0.25, 0.3) is 6.43 Å². The molecule has 22 heavy (non-hydrogen) atoms. The Balaban J connectivity index is 1.98. The third-order valence-corrected chi connectivity index (χ3v) is 3.95. The van der Waals surface area contributed by atoms with E-state index in [2.05, 4.69) is 5.32 Å². The molecule has 3 nitrogen and oxygen atoms in total. The number of Topliss-reactive ketones (excluding diaryl/α,β-unsaturated/α-hetero) is 1. The summed E-state index contributed by atoms with van der Waals surface area (Å²) in [5.74, 6) is -1.78. The van der Waals surface area contributed by atoms with Crippen molar-refractivity contribution in [2.75, 3.05) is 5.32 Å². The Labute approximate surface area is 126 Å². The first-order valence-corrected chi connectivity index (χ1v) is 6.83. The molecule has 1 N–H and O–H groups in total. The van der Waals surface area contributed by atoms with Crippen LogP contribution in [0.5, 0.6) is 0 Å². The molecule has 0 aliphatic heterocycles. The van der Waals surface area contributed by atoms with Crippen molar-refractivity contribution in [3.63, 3.8) is 0 Å². The maximum absolute atomic E-state index is 13.7. The minimum Gasteiger partial charge on any atom is -0.325 e. The van der Waals surface area contributed by atoms with Crippen molar-refractivity contribution in [3.05, 3.63) is 65.7 Å². The molecule has 2 aromatic rings. The highest BCUT2D eigenvalue weighted by Gasteiger charge is 2.58. The summed E-state index contributed by atoms with van der Waals surface area (Å²) in [6, 6.07) is 14.6. The van der Waals surface area contributed by atoms with Crippen LogP contribution in [0.15, 0.2) is 54.6 Å². The van der Waals surface area contributed by atoms with E-state index in [1.807, 2.05) is 0 Å². The second kappa shape index (κ2) is 5.33. The van der Waals surface area contributed by atoms with Gasteiger partial charge in [-0.05, 0) is 17.7 Å². The molecule has 0 spiro atoms. The van der Waals surface area contributed by atoms with Crippen LogP contribution in [-0.4, -0.2) is 18.1 Å². The van der Waals surface area contributed by atoms with Crippen molar-refractivity contribution in [3.8, 4) is 0 Å². The lowest BCUT2D eigenvalue weighted by Gasteiger charge is -2.25. The fourth-order valence-electron chi connectivity index (χ4n) is 2.74. The zero-order valence-electron chi connectivity index (χ0n) is 11.6. The third kappa shape index (κ3) is 2.09. The van der Waals surface area contributed by atoms with E-state index in [9.17, 15) is 18.4 Å². The van der Waals surface area contributed by atoms with E-state index in [-0.39, 0.29) is 12.0 Å². The molecule has 1 amide bonds. The van der Waals surface area contributed by atoms with E-state index in [0.29, 0.717) is 11.3 Å². The van der Waals surface area contributed by atoms with Gasteiger partial charge in [0, 0.05) is 17.7 Å². The molecule has 0 radical (unpaired) electrons. The van der Waals surface area contributed by atoms with Crippen molar-refractivity contribution in [2.45, 2.75) is 12.8 Å². The molecule has 0 saturated heterocycles. The molecule has 1 atom stereocenters. The number of hydrogen-bond acceptors (Lipinski definition) is 2. The van der Waals surface area contributed by atoms with Crippen LogP contribution in [0.3, 0.4) is 0 Å². The van der Waals surface area contributed by atoms with E-state index in [4.69, 9.17) is 0 Å². The number of halogens is 2. The summed E-state index contributed by atoms with van der Waals surface area (Å²) < 4.78 is 27.4. The van der Waals surface area contributed by atoms with Gasteiger partial charge in [0.05, 0.1) is 0 Å². The van der Waals surface area contributed by atoms with Gasteiger partial charge in [-0.15, -0.1) is 0 Å². The predicted molar refractivity (Wildman–Crippen MR) is 78.0 cm³/mol. The molecule has 0 saturated carbocycles. The lowest BCUT2D eigenvalue weighted by atomic mass is 9.83. The summed E-state index contributed by atoms with van der Waals surface area (Å²) in [6.07, 6.45) is -3.35.